The maximum atomic E-state index is 9.28. The molecule has 2 aliphatic rings. The molecule has 0 saturated carbocycles. The van der Waals surface area contributed by atoms with Crippen LogP contribution in [-0.2, 0) is 6.54 Å². The van der Waals surface area contributed by atoms with Gasteiger partial charge in [0.15, 0.2) is 0 Å². The molecule has 2 atom stereocenters. The molecule has 0 radical (unpaired) electrons. The molecule has 0 aromatic heterocycles. The van der Waals surface area contributed by atoms with Crippen molar-refractivity contribution in [3.8, 4) is 5.75 Å². The van der Waals surface area contributed by atoms with Crippen LogP contribution >= 0.6 is 11.6 Å². The molecule has 0 aliphatic carbocycles. The molecular weight excluding hydrogens is 234 g/mol. The number of hydrogen-bond donors (Lipinski definition) is 1. The number of phenolic OH excluding ortho intramolecular Hbond substituents is 1. The van der Waals surface area contributed by atoms with Gasteiger partial charge in [-0.15, -0.1) is 11.6 Å². The molecule has 2 fully saturated rings. The minimum Gasteiger partial charge on any atom is -0.508 e. The van der Waals surface area contributed by atoms with Gasteiger partial charge in [-0.3, -0.25) is 4.90 Å². The Labute approximate surface area is 107 Å². The second-order valence-electron chi connectivity index (χ2n) is 5.29. The number of alkyl halides is 1. The molecule has 1 N–H and O–H groups in total. The molecule has 2 aliphatic heterocycles. The second-order valence-corrected chi connectivity index (χ2v) is 5.91. The molecule has 2 saturated heterocycles. The van der Waals surface area contributed by atoms with Crippen molar-refractivity contribution in [2.45, 2.75) is 49.7 Å². The summed E-state index contributed by atoms with van der Waals surface area (Å²) in [7, 11) is 0. The summed E-state index contributed by atoms with van der Waals surface area (Å²) in [5.41, 5.74) is 1.28. The van der Waals surface area contributed by atoms with Gasteiger partial charge in [0.05, 0.1) is 0 Å². The highest BCUT2D eigenvalue weighted by Crippen LogP contribution is 2.38. The number of phenols is 1. The van der Waals surface area contributed by atoms with Gasteiger partial charge in [0, 0.05) is 24.0 Å². The number of hydrogen-bond acceptors (Lipinski definition) is 2. The second kappa shape index (κ2) is 4.51. The first-order valence-electron chi connectivity index (χ1n) is 6.40. The number of halogens is 1. The summed E-state index contributed by atoms with van der Waals surface area (Å²) < 4.78 is 0. The van der Waals surface area contributed by atoms with Crippen LogP contribution in [0.3, 0.4) is 0 Å². The maximum Gasteiger partial charge on any atom is 0.115 e. The van der Waals surface area contributed by atoms with Gasteiger partial charge in [0.1, 0.15) is 5.75 Å². The fourth-order valence-corrected chi connectivity index (χ4v) is 3.69. The zero-order chi connectivity index (χ0) is 11.8. The van der Waals surface area contributed by atoms with Crippen molar-refractivity contribution in [2.24, 2.45) is 0 Å². The Hall–Kier alpha value is -0.730. The highest BCUT2D eigenvalue weighted by atomic mass is 35.5. The van der Waals surface area contributed by atoms with E-state index in [9.17, 15) is 5.11 Å². The number of piperidine rings is 1. The molecule has 2 nitrogen and oxygen atoms in total. The largest absolute Gasteiger partial charge is 0.508 e. The summed E-state index contributed by atoms with van der Waals surface area (Å²) >= 11 is 6.28. The first-order valence-corrected chi connectivity index (χ1v) is 6.84. The van der Waals surface area contributed by atoms with E-state index >= 15 is 0 Å². The first kappa shape index (κ1) is 11.4. The van der Waals surface area contributed by atoms with Crippen LogP contribution in [0.2, 0.25) is 0 Å². The van der Waals surface area contributed by atoms with Crippen LogP contribution in [0.4, 0.5) is 0 Å². The van der Waals surface area contributed by atoms with Crippen LogP contribution in [0.25, 0.3) is 0 Å². The molecule has 17 heavy (non-hydrogen) atoms. The van der Waals surface area contributed by atoms with Gasteiger partial charge in [-0.1, -0.05) is 12.1 Å². The Bertz CT molecular complexity index is 378. The number of aromatic hydroxyl groups is 1. The molecule has 2 bridgehead atoms. The molecule has 3 rings (SSSR count). The van der Waals surface area contributed by atoms with E-state index in [-0.39, 0.29) is 0 Å². The lowest BCUT2D eigenvalue weighted by molar-refractivity contribution is 0.134. The molecular formula is C14H18ClNO. The third-order valence-corrected chi connectivity index (χ3v) is 4.48. The van der Waals surface area contributed by atoms with Gasteiger partial charge < -0.3 is 5.11 Å². The van der Waals surface area contributed by atoms with Crippen molar-refractivity contribution >= 4 is 11.6 Å². The van der Waals surface area contributed by atoms with Crippen molar-refractivity contribution < 1.29 is 5.11 Å². The SMILES string of the molecule is Oc1ccc(CN2C3CCC2CC(Cl)C3)cc1. The molecule has 2 unspecified atom stereocenters. The predicted octanol–water partition coefficient (Wildman–Crippen LogP) is 3.13. The van der Waals surface area contributed by atoms with Gasteiger partial charge in [-0.25, -0.2) is 0 Å². The summed E-state index contributed by atoms with van der Waals surface area (Å²) in [4.78, 5) is 2.60. The Morgan fingerprint density at radius 1 is 1.12 bits per heavy atom. The standard InChI is InChI=1S/C14H18ClNO/c15-11-7-12-3-4-13(8-11)16(12)9-10-1-5-14(17)6-2-10/h1-2,5-6,11-13,17H,3-4,7-9H2. The van der Waals surface area contributed by atoms with E-state index in [0.29, 0.717) is 23.2 Å². The zero-order valence-corrected chi connectivity index (χ0v) is 10.6. The number of fused-ring (bicyclic) bond motifs is 2. The van der Waals surface area contributed by atoms with Crippen LogP contribution in [0.15, 0.2) is 24.3 Å². The van der Waals surface area contributed by atoms with Crippen molar-refractivity contribution in [3.63, 3.8) is 0 Å². The van der Waals surface area contributed by atoms with Crippen molar-refractivity contribution in [3.05, 3.63) is 29.8 Å². The van der Waals surface area contributed by atoms with Crippen LogP contribution in [0.5, 0.6) is 5.75 Å². The van der Waals surface area contributed by atoms with E-state index in [1.165, 1.54) is 18.4 Å². The average Bonchev–Trinajstić information content (AvgIpc) is 2.56. The third kappa shape index (κ3) is 2.29. The highest BCUT2D eigenvalue weighted by Gasteiger charge is 2.39. The summed E-state index contributed by atoms with van der Waals surface area (Å²) in [5, 5.41) is 9.66. The van der Waals surface area contributed by atoms with E-state index in [1.54, 1.807) is 12.1 Å². The lowest BCUT2D eigenvalue weighted by Gasteiger charge is -2.37. The average molecular weight is 252 g/mol. The fourth-order valence-electron chi connectivity index (χ4n) is 3.28. The molecule has 2 heterocycles. The van der Waals surface area contributed by atoms with Crippen molar-refractivity contribution in [1.29, 1.82) is 0 Å². The van der Waals surface area contributed by atoms with Gasteiger partial charge >= 0.3 is 0 Å². The maximum absolute atomic E-state index is 9.28. The number of benzene rings is 1. The highest BCUT2D eigenvalue weighted by molar-refractivity contribution is 6.20. The quantitative estimate of drug-likeness (QED) is 0.817. The topological polar surface area (TPSA) is 23.5 Å². The zero-order valence-electron chi connectivity index (χ0n) is 9.85. The van der Waals surface area contributed by atoms with Crippen LogP contribution in [0.1, 0.15) is 31.2 Å². The minimum absolute atomic E-state index is 0.344. The minimum atomic E-state index is 0.344. The van der Waals surface area contributed by atoms with Crippen LogP contribution in [-0.4, -0.2) is 27.5 Å². The van der Waals surface area contributed by atoms with Crippen LogP contribution in [0, 0.1) is 0 Å². The predicted molar refractivity (Wildman–Crippen MR) is 69.3 cm³/mol. The Morgan fingerprint density at radius 3 is 2.29 bits per heavy atom. The van der Waals surface area contributed by atoms with Gasteiger partial charge in [0.25, 0.3) is 0 Å². The van der Waals surface area contributed by atoms with Crippen molar-refractivity contribution in [2.75, 3.05) is 0 Å². The van der Waals surface area contributed by atoms with Gasteiger partial charge in [0.2, 0.25) is 0 Å². The molecule has 0 amide bonds. The fraction of sp³-hybridized carbons (Fsp3) is 0.571. The van der Waals surface area contributed by atoms with E-state index in [2.05, 4.69) is 4.90 Å². The van der Waals surface area contributed by atoms with E-state index in [0.717, 1.165) is 19.4 Å². The molecule has 3 heteroatoms. The molecule has 1 aromatic rings. The van der Waals surface area contributed by atoms with E-state index in [4.69, 9.17) is 11.6 Å². The summed E-state index contributed by atoms with van der Waals surface area (Å²) in [6, 6.07) is 8.91. The van der Waals surface area contributed by atoms with Gasteiger partial charge in [-0.05, 0) is 43.4 Å². The smallest absolute Gasteiger partial charge is 0.115 e. The first-order chi connectivity index (χ1) is 8.22. The Morgan fingerprint density at radius 2 is 1.71 bits per heavy atom. The number of nitrogens with zero attached hydrogens (tertiary/aromatic N) is 1. The van der Waals surface area contributed by atoms with E-state index < -0.39 is 0 Å². The lowest BCUT2D eigenvalue weighted by atomic mass is 10.0. The molecule has 0 spiro atoms. The van der Waals surface area contributed by atoms with Crippen molar-refractivity contribution in [1.82, 2.24) is 4.90 Å². The van der Waals surface area contributed by atoms with Gasteiger partial charge in [-0.2, -0.15) is 0 Å². The van der Waals surface area contributed by atoms with Crippen LogP contribution < -0.4 is 0 Å². The Kier molecular flexibility index (Phi) is 3.01. The lowest BCUT2D eigenvalue weighted by Crippen LogP contribution is -2.42. The Balaban J connectivity index is 1.72. The molecule has 92 valence electrons. The normalized spacial score (nSPS) is 32.9. The summed E-state index contributed by atoms with van der Waals surface area (Å²) in [6.07, 6.45) is 4.87. The molecule has 1 aromatic carbocycles. The summed E-state index contributed by atoms with van der Waals surface area (Å²) in [5.74, 6) is 0.344. The monoisotopic (exact) mass is 251 g/mol. The number of rotatable bonds is 2. The van der Waals surface area contributed by atoms with E-state index in [1.807, 2.05) is 12.1 Å². The third-order valence-electron chi connectivity index (χ3n) is 4.13. The summed E-state index contributed by atoms with van der Waals surface area (Å²) in [6.45, 7) is 0.999.